The SMILES string of the molecule is COc1ccc2nccc(CCC[C@@H]3CCN(CCCSc4cccc(F)c4F)C[C@@H]3CC(=O)O)c2c1. The lowest BCUT2D eigenvalue weighted by molar-refractivity contribution is -0.139. The molecule has 5 nitrogen and oxygen atoms in total. The molecule has 2 aromatic carbocycles. The fourth-order valence-electron chi connectivity index (χ4n) is 5.34. The van der Waals surface area contributed by atoms with Gasteiger partial charge in [0, 0.05) is 29.4 Å². The van der Waals surface area contributed by atoms with Crippen molar-refractivity contribution in [2.24, 2.45) is 11.8 Å². The van der Waals surface area contributed by atoms with Gasteiger partial charge >= 0.3 is 5.97 Å². The number of fused-ring (bicyclic) bond motifs is 1. The number of aromatic nitrogens is 1. The van der Waals surface area contributed by atoms with E-state index in [4.69, 9.17) is 4.74 Å². The number of rotatable bonds is 12. The second-order valence-corrected chi connectivity index (χ2v) is 10.8. The van der Waals surface area contributed by atoms with E-state index in [-0.39, 0.29) is 12.3 Å². The predicted octanol–water partition coefficient (Wildman–Crippen LogP) is 6.44. The summed E-state index contributed by atoms with van der Waals surface area (Å²) in [6.07, 6.45) is 6.75. The minimum absolute atomic E-state index is 0.119. The van der Waals surface area contributed by atoms with Crippen LogP contribution in [-0.2, 0) is 11.2 Å². The smallest absolute Gasteiger partial charge is 0.303 e. The van der Waals surface area contributed by atoms with Crippen LogP contribution in [0.5, 0.6) is 5.75 Å². The van der Waals surface area contributed by atoms with E-state index in [0.29, 0.717) is 16.6 Å². The topological polar surface area (TPSA) is 62.7 Å². The zero-order valence-electron chi connectivity index (χ0n) is 21.2. The maximum Gasteiger partial charge on any atom is 0.303 e. The average Bonchev–Trinajstić information content (AvgIpc) is 2.89. The molecule has 4 rings (SSSR count). The lowest BCUT2D eigenvalue weighted by Gasteiger charge is -2.38. The van der Waals surface area contributed by atoms with E-state index in [9.17, 15) is 18.7 Å². The number of likely N-dealkylation sites (tertiary alicyclic amines) is 1. The molecular formula is C29H34F2N2O3S. The summed E-state index contributed by atoms with van der Waals surface area (Å²) >= 11 is 1.33. The van der Waals surface area contributed by atoms with Gasteiger partial charge in [0.2, 0.25) is 0 Å². The van der Waals surface area contributed by atoms with E-state index < -0.39 is 17.6 Å². The summed E-state index contributed by atoms with van der Waals surface area (Å²) in [6, 6.07) is 12.2. The second-order valence-electron chi connectivity index (χ2n) is 9.71. The van der Waals surface area contributed by atoms with E-state index in [0.717, 1.165) is 74.5 Å². The summed E-state index contributed by atoms with van der Waals surface area (Å²) in [5.74, 6) is -0.348. The summed E-state index contributed by atoms with van der Waals surface area (Å²) in [5.41, 5.74) is 2.19. The van der Waals surface area contributed by atoms with Crippen molar-refractivity contribution in [1.82, 2.24) is 9.88 Å². The van der Waals surface area contributed by atoms with E-state index in [2.05, 4.69) is 16.0 Å². The number of halogens is 2. The number of hydrogen-bond acceptors (Lipinski definition) is 5. The molecule has 1 fully saturated rings. The molecule has 0 spiro atoms. The largest absolute Gasteiger partial charge is 0.497 e. The van der Waals surface area contributed by atoms with Crippen molar-refractivity contribution < 1.29 is 23.4 Å². The molecule has 0 saturated carbocycles. The summed E-state index contributed by atoms with van der Waals surface area (Å²) in [5, 5.41) is 10.6. The Morgan fingerprint density at radius 2 is 2.05 bits per heavy atom. The van der Waals surface area contributed by atoms with Crippen molar-refractivity contribution in [2.75, 3.05) is 32.5 Å². The lowest BCUT2D eigenvalue weighted by atomic mass is 9.80. The quantitative estimate of drug-likeness (QED) is 0.216. The Hall–Kier alpha value is -2.71. The number of ether oxygens (including phenoxy) is 1. The van der Waals surface area contributed by atoms with Crippen LogP contribution in [0.25, 0.3) is 10.9 Å². The molecule has 37 heavy (non-hydrogen) atoms. The van der Waals surface area contributed by atoms with Crippen LogP contribution in [-0.4, -0.2) is 53.5 Å². The number of nitrogens with zero attached hydrogens (tertiary/aromatic N) is 2. The minimum atomic E-state index is -0.819. The van der Waals surface area contributed by atoms with Gasteiger partial charge in [0.15, 0.2) is 11.6 Å². The molecule has 1 saturated heterocycles. The van der Waals surface area contributed by atoms with Crippen molar-refractivity contribution in [3.8, 4) is 5.75 Å². The number of carboxylic acid groups (broad SMARTS) is 1. The highest BCUT2D eigenvalue weighted by Gasteiger charge is 2.30. The Balaban J connectivity index is 1.27. The molecule has 1 aromatic heterocycles. The number of carbonyl (C=O) groups is 1. The van der Waals surface area contributed by atoms with E-state index in [1.807, 2.05) is 24.4 Å². The Labute approximate surface area is 221 Å². The van der Waals surface area contributed by atoms with Gasteiger partial charge in [-0.1, -0.05) is 6.07 Å². The summed E-state index contributed by atoms with van der Waals surface area (Å²) in [6.45, 7) is 2.54. The number of aliphatic carboxylic acids is 1. The van der Waals surface area contributed by atoms with Crippen molar-refractivity contribution in [2.45, 2.75) is 43.4 Å². The van der Waals surface area contributed by atoms with Crippen LogP contribution in [0.2, 0.25) is 0 Å². The number of carboxylic acids is 1. The highest BCUT2D eigenvalue weighted by Crippen LogP contribution is 2.32. The van der Waals surface area contributed by atoms with Gasteiger partial charge in [-0.3, -0.25) is 9.78 Å². The molecule has 0 radical (unpaired) electrons. The maximum absolute atomic E-state index is 13.8. The number of thioether (sulfide) groups is 1. The number of pyridine rings is 1. The van der Waals surface area contributed by atoms with Crippen LogP contribution in [0.15, 0.2) is 53.6 Å². The van der Waals surface area contributed by atoms with Crippen molar-refractivity contribution >= 4 is 28.6 Å². The van der Waals surface area contributed by atoms with Crippen LogP contribution in [0.4, 0.5) is 8.78 Å². The van der Waals surface area contributed by atoms with E-state index >= 15 is 0 Å². The molecule has 2 atom stereocenters. The van der Waals surface area contributed by atoms with Crippen molar-refractivity contribution in [3.63, 3.8) is 0 Å². The number of piperidine rings is 1. The standard InChI is InChI=1S/C29H34F2N2O3S/c1-36-23-9-10-26-24(18-23)21(11-13-32-26)6-2-5-20-12-15-33(19-22(20)17-28(34)35)14-4-16-37-27-8-3-7-25(30)29(27)31/h3,7-11,13,18,20,22H,2,4-6,12,14-17,19H2,1H3,(H,34,35)/t20-,22+/m1/s1. The summed E-state index contributed by atoms with van der Waals surface area (Å²) < 4.78 is 32.6. The van der Waals surface area contributed by atoms with Crippen molar-refractivity contribution in [1.29, 1.82) is 0 Å². The predicted molar refractivity (Wildman–Crippen MR) is 143 cm³/mol. The van der Waals surface area contributed by atoms with Gasteiger partial charge in [-0.25, -0.2) is 8.78 Å². The summed E-state index contributed by atoms with van der Waals surface area (Å²) in [4.78, 5) is 18.7. The van der Waals surface area contributed by atoms with Gasteiger partial charge < -0.3 is 14.7 Å². The Morgan fingerprint density at radius 1 is 1.19 bits per heavy atom. The highest BCUT2D eigenvalue weighted by molar-refractivity contribution is 7.99. The first-order valence-electron chi connectivity index (χ1n) is 12.9. The van der Waals surface area contributed by atoms with Crippen LogP contribution >= 0.6 is 11.8 Å². The van der Waals surface area contributed by atoms with Gasteiger partial charge in [0.25, 0.3) is 0 Å². The van der Waals surface area contributed by atoms with Gasteiger partial charge in [0.1, 0.15) is 5.75 Å². The molecule has 0 aliphatic carbocycles. The van der Waals surface area contributed by atoms with Gasteiger partial charge in [-0.05, 0) is 105 Å². The first-order chi connectivity index (χ1) is 17.9. The number of aryl methyl sites for hydroxylation is 1. The van der Waals surface area contributed by atoms with E-state index in [1.54, 1.807) is 13.2 Å². The third-order valence-electron chi connectivity index (χ3n) is 7.26. The molecule has 0 amide bonds. The fourth-order valence-corrected chi connectivity index (χ4v) is 6.23. The van der Waals surface area contributed by atoms with Crippen molar-refractivity contribution in [3.05, 3.63) is 65.9 Å². The molecule has 2 heterocycles. The molecule has 198 valence electrons. The maximum atomic E-state index is 13.8. The molecule has 0 unspecified atom stereocenters. The minimum Gasteiger partial charge on any atom is -0.497 e. The Bertz CT molecular complexity index is 1210. The zero-order valence-corrected chi connectivity index (χ0v) is 22.0. The first kappa shape index (κ1) is 27.3. The van der Waals surface area contributed by atoms with Crippen LogP contribution in [0.1, 0.15) is 37.7 Å². The number of methoxy groups -OCH3 is 1. The number of benzene rings is 2. The Kier molecular flexibility index (Phi) is 9.75. The average molecular weight is 529 g/mol. The van der Waals surface area contributed by atoms with Crippen LogP contribution in [0, 0.1) is 23.5 Å². The molecule has 8 heteroatoms. The third-order valence-corrected chi connectivity index (χ3v) is 8.38. The third kappa shape index (κ3) is 7.42. The molecule has 3 aromatic rings. The lowest BCUT2D eigenvalue weighted by Crippen LogP contribution is -2.41. The van der Waals surface area contributed by atoms with Crippen LogP contribution in [0.3, 0.4) is 0 Å². The zero-order chi connectivity index (χ0) is 26.2. The normalized spacial score (nSPS) is 18.2. The first-order valence-corrected chi connectivity index (χ1v) is 13.9. The molecular weight excluding hydrogens is 494 g/mol. The summed E-state index contributed by atoms with van der Waals surface area (Å²) in [7, 11) is 1.66. The van der Waals surface area contributed by atoms with Crippen LogP contribution < -0.4 is 4.74 Å². The van der Waals surface area contributed by atoms with Gasteiger partial charge in [-0.15, -0.1) is 11.8 Å². The van der Waals surface area contributed by atoms with Gasteiger partial charge in [-0.2, -0.15) is 0 Å². The molecule has 1 aliphatic rings. The van der Waals surface area contributed by atoms with E-state index in [1.165, 1.54) is 23.4 Å². The second kappa shape index (κ2) is 13.2. The highest BCUT2D eigenvalue weighted by atomic mass is 32.2. The Morgan fingerprint density at radius 3 is 2.86 bits per heavy atom. The molecule has 1 aliphatic heterocycles. The van der Waals surface area contributed by atoms with Gasteiger partial charge in [0.05, 0.1) is 12.6 Å². The molecule has 0 bridgehead atoms. The fraction of sp³-hybridized carbons (Fsp3) is 0.448. The monoisotopic (exact) mass is 528 g/mol. The molecule has 1 N–H and O–H groups in total. The number of hydrogen-bond donors (Lipinski definition) is 1.